The molecule has 3 rings (SSSR count). The predicted octanol–water partition coefficient (Wildman–Crippen LogP) is 6.34. The second-order valence-electron chi connectivity index (χ2n) is 10.7. The van der Waals surface area contributed by atoms with Crippen LogP contribution in [0.2, 0.25) is 18.1 Å². The summed E-state index contributed by atoms with van der Waals surface area (Å²) in [7, 11) is -2.12. The van der Waals surface area contributed by atoms with Crippen molar-refractivity contribution in [3.8, 4) is 0 Å². The molecular weight excluding hydrogens is 426 g/mol. The number of nitrogens with zero attached hydrogens (tertiary/aromatic N) is 1. The Labute approximate surface area is 200 Å². The van der Waals surface area contributed by atoms with E-state index in [1.807, 2.05) is 47.4 Å². The molecule has 1 heterocycles. The highest BCUT2D eigenvalue weighted by atomic mass is 28.4. The third-order valence-corrected chi connectivity index (χ3v) is 11.6. The zero-order valence-corrected chi connectivity index (χ0v) is 21.8. The van der Waals surface area contributed by atoms with Crippen LogP contribution >= 0.6 is 0 Å². The lowest BCUT2D eigenvalue weighted by Gasteiger charge is -2.38. The average Bonchev–Trinajstić information content (AvgIpc) is 3.00. The molecule has 2 atom stereocenters. The van der Waals surface area contributed by atoms with E-state index in [9.17, 15) is 4.79 Å². The van der Waals surface area contributed by atoms with E-state index in [0.29, 0.717) is 32.6 Å². The van der Waals surface area contributed by atoms with E-state index in [2.05, 4.69) is 64.7 Å². The Bertz CT molecular complexity index is 923. The van der Waals surface area contributed by atoms with E-state index in [0.717, 1.165) is 11.1 Å². The molecule has 1 saturated heterocycles. The SMILES string of the molecule is C=CC[C@]1(COCc2ccccc2)C[C@H](O[Si](C)(C)C(C)(C)C)C(=O)N1Cc1ccccc1. The third kappa shape index (κ3) is 6.02. The molecule has 0 radical (unpaired) electrons. The fourth-order valence-electron chi connectivity index (χ4n) is 4.18. The predicted molar refractivity (Wildman–Crippen MR) is 137 cm³/mol. The second kappa shape index (κ2) is 10.4. The normalized spacial score (nSPS) is 21.4. The first-order chi connectivity index (χ1) is 15.6. The van der Waals surface area contributed by atoms with E-state index >= 15 is 0 Å². The maximum atomic E-state index is 13.8. The fraction of sp³-hybridized carbons (Fsp3) is 0.464. The molecule has 0 N–H and O–H groups in total. The molecule has 2 aromatic carbocycles. The lowest BCUT2D eigenvalue weighted by Crippen LogP contribution is -2.48. The van der Waals surface area contributed by atoms with Crippen molar-refractivity contribution in [3.63, 3.8) is 0 Å². The van der Waals surface area contributed by atoms with Crippen LogP contribution < -0.4 is 0 Å². The van der Waals surface area contributed by atoms with Crippen LogP contribution in [-0.2, 0) is 27.1 Å². The highest BCUT2D eigenvalue weighted by molar-refractivity contribution is 6.74. The average molecular weight is 466 g/mol. The molecule has 1 fully saturated rings. The van der Waals surface area contributed by atoms with Crippen molar-refractivity contribution in [1.82, 2.24) is 4.90 Å². The van der Waals surface area contributed by atoms with E-state index in [4.69, 9.17) is 9.16 Å². The Morgan fingerprint density at radius 1 is 1.06 bits per heavy atom. The molecular formula is C28H39NO3Si. The smallest absolute Gasteiger partial charge is 0.251 e. The number of ether oxygens (including phenoxy) is 1. The molecule has 1 aliphatic heterocycles. The number of hydrogen-bond donors (Lipinski definition) is 0. The number of hydrogen-bond acceptors (Lipinski definition) is 3. The van der Waals surface area contributed by atoms with E-state index in [-0.39, 0.29) is 10.9 Å². The van der Waals surface area contributed by atoms with Gasteiger partial charge in [-0.3, -0.25) is 4.79 Å². The molecule has 0 saturated carbocycles. The minimum absolute atomic E-state index is 0.0328. The van der Waals surface area contributed by atoms with Crippen molar-refractivity contribution >= 4 is 14.2 Å². The van der Waals surface area contributed by atoms with Crippen LogP contribution in [0, 0.1) is 0 Å². The number of rotatable bonds is 10. The van der Waals surface area contributed by atoms with Crippen molar-refractivity contribution in [2.24, 2.45) is 0 Å². The molecule has 0 aromatic heterocycles. The van der Waals surface area contributed by atoms with Gasteiger partial charge in [-0.1, -0.05) is 87.5 Å². The first-order valence-corrected chi connectivity index (χ1v) is 14.7. The zero-order valence-electron chi connectivity index (χ0n) is 20.8. The molecule has 4 nitrogen and oxygen atoms in total. The van der Waals surface area contributed by atoms with Crippen LogP contribution in [0.15, 0.2) is 73.3 Å². The first kappa shape index (κ1) is 25.4. The molecule has 33 heavy (non-hydrogen) atoms. The Balaban J connectivity index is 1.87. The summed E-state index contributed by atoms with van der Waals surface area (Å²) in [6.07, 6.45) is 2.74. The maximum Gasteiger partial charge on any atom is 0.251 e. The summed E-state index contributed by atoms with van der Waals surface area (Å²) in [5, 5.41) is 0.0328. The summed E-state index contributed by atoms with van der Waals surface area (Å²) in [5.41, 5.74) is 1.76. The first-order valence-electron chi connectivity index (χ1n) is 11.8. The molecule has 0 unspecified atom stereocenters. The van der Waals surface area contributed by atoms with Gasteiger partial charge in [-0.15, -0.1) is 6.58 Å². The fourth-order valence-corrected chi connectivity index (χ4v) is 5.43. The summed E-state index contributed by atoms with van der Waals surface area (Å²) < 4.78 is 12.9. The summed E-state index contributed by atoms with van der Waals surface area (Å²) in [6, 6.07) is 20.3. The number of carbonyl (C=O) groups is 1. The van der Waals surface area contributed by atoms with Crippen LogP contribution in [0.3, 0.4) is 0 Å². The Hall–Kier alpha value is -2.21. The highest BCUT2D eigenvalue weighted by Crippen LogP contribution is 2.43. The molecule has 0 spiro atoms. The molecule has 1 aliphatic rings. The van der Waals surface area contributed by atoms with Gasteiger partial charge in [0.05, 0.1) is 18.8 Å². The van der Waals surface area contributed by atoms with Gasteiger partial charge in [-0.2, -0.15) is 0 Å². The molecule has 5 heteroatoms. The van der Waals surface area contributed by atoms with Gasteiger partial charge in [0.25, 0.3) is 5.91 Å². The van der Waals surface area contributed by atoms with Crippen LogP contribution in [0.5, 0.6) is 0 Å². The minimum atomic E-state index is -2.12. The molecule has 178 valence electrons. The van der Waals surface area contributed by atoms with E-state index in [1.54, 1.807) is 0 Å². The quantitative estimate of drug-likeness (QED) is 0.303. The minimum Gasteiger partial charge on any atom is -0.405 e. The maximum absolute atomic E-state index is 13.8. The lowest BCUT2D eigenvalue weighted by atomic mass is 9.91. The topological polar surface area (TPSA) is 38.8 Å². The van der Waals surface area contributed by atoms with Crippen molar-refractivity contribution < 1.29 is 14.0 Å². The van der Waals surface area contributed by atoms with Crippen LogP contribution in [0.1, 0.15) is 44.7 Å². The standard InChI is InChI=1S/C28H39NO3Si/c1-7-18-28(22-31-21-24-16-12-9-13-17-24)19-25(32-33(5,6)27(2,3)4)26(30)29(28)20-23-14-10-8-11-15-23/h7-17,25H,1,18-22H2,2-6H3/t25-,28+/m0/s1. The van der Waals surface area contributed by atoms with Gasteiger partial charge in [-0.25, -0.2) is 0 Å². The summed E-state index contributed by atoms with van der Waals surface area (Å²) >= 11 is 0. The van der Waals surface area contributed by atoms with Crippen molar-refractivity contribution in [2.75, 3.05) is 6.61 Å². The number of amides is 1. The molecule has 0 aliphatic carbocycles. The van der Waals surface area contributed by atoms with Gasteiger partial charge in [-0.05, 0) is 35.7 Å². The van der Waals surface area contributed by atoms with Crippen molar-refractivity contribution in [3.05, 3.63) is 84.4 Å². The molecule has 2 aromatic rings. The summed E-state index contributed by atoms with van der Waals surface area (Å²) in [5.74, 6) is 0.0637. The van der Waals surface area contributed by atoms with Crippen molar-refractivity contribution in [1.29, 1.82) is 0 Å². The monoisotopic (exact) mass is 465 g/mol. The van der Waals surface area contributed by atoms with Gasteiger partial charge >= 0.3 is 0 Å². The van der Waals surface area contributed by atoms with Crippen molar-refractivity contribution in [2.45, 2.75) is 76.5 Å². The third-order valence-electron chi connectivity index (χ3n) is 7.11. The highest BCUT2D eigenvalue weighted by Gasteiger charge is 2.53. The Morgan fingerprint density at radius 3 is 2.18 bits per heavy atom. The van der Waals surface area contributed by atoms with Gasteiger partial charge in [0.2, 0.25) is 0 Å². The van der Waals surface area contributed by atoms with Crippen LogP contribution in [0.25, 0.3) is 0 Å². The lowest BCUT2D eigenvalue weighted by molar-refractivity contribution is -0.138. The van der Waals surface area contributed by atoms with Crippen LogP contribution in [-0.4, -0.2) is 37.4 Å². The second-order valence-corrected chi connectivity index (χ2v) is 15.4. The van der Waals surface area contributed by atoms with E-state index < -0.39 is 20.0 Å². The van der Waals surface area contributed by atoms with Crippen LogP contribution in [0.4, 0.5) is 0 Å². The summed E-state index contributed by atoms with van der Waals surface area (Å²) in [6.45, 7) is 16.6. The van der Waals surface area contributed by atoms with E-state index in [1.165, 1.54) is 0 Å². The Kier molecular flexibility index (Phi) is 7.99. The van der Waals surface area contributed by atoms with Gasteiger partial charge in [0.1, 0.15) is 6.10 Å². The molecule has 1 amide bonds. The Morgan fingerprint density at radius 2 is 1.64 bits per heavy atom. The number of carbonyl (C=O) groups excluding carboxylic acids is 1. The van der Waals surface area contributed by atoms with Gasteiger partial charge in [0, 0.05) is 13.0 Å². The molecule has 0 bridgehead atoms. The summed E-state index contributed by atoms with van der Waals surface area (Å²) in [4.78, 5) is 15.8. The number of benzene rings is 2. The zero-order chi connectivity index (χ0) is 24.1. The van der Waals surface area contributed by atoms with Gasteiger partial charge in [0.15, 0.2) is 8.32 Å². The number of likely N-dealkylation sites (tertiary alicyclic amines) is 1. The largest absolute Gasteiger partial charge is 0.405 e. The van der Waals surface area contributed by atoms with Gasteiger partial charge < -0.3 is 14.1 Å².